The number of aliphatic imine (C=N–C) groups is 1. The Balaban J connectivity index is 1.59. The molecule has 0 amide bonds. The molecule has 1 saturated heterocycles. The molecule has 3 heterocycles. The Morgan fingerprint density at radius 3 is 2.56 bits per heavy atom. The molecule has 0 atom stereocenters. The molecule has 1 aromatic rings. The maximum absolute atomic E-state index is 11.8. The van der Waals surface area contributed by atoms with E-state index in [1.54, 1.807) is 0 Å². The van der Waals surface area contributed by atoms with E-state index in [-0.39, 0.29) is 0 Å². The van der Waals surface area contributed by atoms with Crippen molar-refractivity contribution in [3.8, 4) is 0 Å². The molecule has 0 saturated carbocycles. The van der Waals surface area contributed by atoms with E-state index in [0.29, 0.717) is 17.1 Å². The summed E-state index contributed by atoms with van der Waals surface area (Å²) in [7, 11) is 0. The molecule has 3 aliphatic heterocycles. The van der Waals surface area contributed by atoms with Crippen LogP contribution in [-0.4, -0.2) is 48.1 Å². The van der Waals surface area contributed by atoms with Crippen LogP contribution in [0, 0.1) is 0 Å². The van der Waals surface area contributed by atoms with E-state index in [2.05, 4.69) is 16.4 Å². The standard InChI is InChI=1S/C21H21ClN4O/c1-15-6-5-9-26-16(2)17(14-27)21(23-20(15)26)25-12-10-24(11-13-25)19-8-4-3-7-18(19)22/h3-9,14H,2,10-13H2,1H3. The molecular weight excluding hydrogens is 360 g/mol. The zero-order valence-electron chi connectivity index (χ0n) is 15.2. The number of halogens is 1. The third kappa shape index (κ3) is 3.08. The second-order valence-electron chi connectivity index (χ2n) is 6.72. The molecule has 3 aliphatic rings. The molecule has 0 bridgehead atoms. The normalized spacial score (nSPS) is 19.8. The highest BCUT2D eigenvalue weighted by Crippen LogP contribution is 2.32. The molecule has 6 heteroatoms. The predicted octanol–water partition coefficient (Wildman–Crippen LogP) is 3.57. The second-order valence-corrected chi connectivity index (χ2v) is 7.13. The number of carbonyl (C=O) groups excluding carboxylic acids is 1. The molecule has 1 fully saturated rings. The lowest BCUT2D eigenvalue weighted by atomic mass is 10.1. The van der Waals surface area contributed by atoms with Crippen molar-refractivity contribution in [1.29, 1.82) is 0 Å². The number of aldehydes is 1. The van der Waals surface area contributed by atoms with Crippen molar-refractivity contribution in [3.63, 3.8) is 0 Å². The number of benzene rings is 1. The van der Waals surface area contributed by atoms with E-state index < -0.39 is 0 Å². The van der Waals surface area contributed by atoms with Crippen LogP contribution in [0.4, 0.5) is 5.69 Å². The minimum atomic E-state index is 0.546. The van der Waals surface area contributed by atoms with Crippen LogP contribution < -0.4 is 4.90 Å². The highest BCUT2D eigenvalue weighted by Gasteiger charge is 2.30. The number of hydrogen-bond donors (Lipinski definition) is 0. The zero-order valence-corrected chi connectivity index (χ0v) is 16.0. The monoisotopic (exact) mass is 380 g/mol. The van der Waals surface area contributed by atoms with Crippen molar-refractivity contribution in [1.82, 2.24) is 9.80 Å². The van der Waals surface area contributed by atoms with Crippen LogP contribution in [0.3, 0.4) is 0 Å². The molecule has 138 valence electrons. The fourth-order valence-electron chi connectivity index (χ4n) is 3.62. The number of para-hydroxylation sites is 1. The van der Waals surface area contributed by atoms with Crippen molar-refractivity contribution in [2.75, 3.05) is 31.1 Å². The topological polar surface area (TPSA) is 39.2 Å². The Bertz CT molecular complexity index is 920. The summed E-state index contributed by atoms with van der Waals surface area (Å²) in [5, 5.41) is 0.760. The number of amidine groups is 1. The summed E-state index contributed by atoms with van der Waals surface area (Å²) in [6.45, 7) is 9.30. The van der Waals surface area contributed by atoms with Crippen molar-refractivity contribution in [2.45, 2.75) is 6.92 Å². The largest absolute Gasteiger partial charge is 0.367 e. The maximum Gasteiger partial charge on any atom is 0.155 e. The average molecular weight is 381 g/mol. The lowest BCUT2D eigenvalue weighted by Gasteiger charge is -2.40. The zero-order chi connectivity index (χ0) is 19.0. The van der Waals surface area contributed by atoms with Gasteiger partial charge in [0, 0.05) is 32.4 Å². The van der Waals surface area contributed by atoms with E-state index in [1.807, 2.05) is 54.4 Å². The minimum absolute atomic E-state index is 0.546. The summed E-state index contributed by atoms with van der Waals surface area (Å²) in [5.41, 5.74) is 3.31. The minimum Gasteiger partial charge on any atom is -0.367 e. The quantitative estimate of drug-likeness (QED) is 0.751. The van der Waals surface area contributed by atoms with E-state index in [9.17, 15) is 4.79 Å². The Morgan fingerprint density at radius 1 is 1.15 bits per heavy atom. The highest BCUT2D eigenvalue weighted by atomic mass is 35.5. The van der Waals surface area contributed by atoms with Gasteiger partial charge >= 0.3 is 0 Å². The molecule has 5 nitrogen and oxygen atoms in total. The molecule has 0 N–H and O–H groups in total. The van der Waals surface area contributed by atoms with Crippen LogP contribution in [0.1, 0.15) is 6.92 Å². The number of hydrogen-bond acceptors (Lipinski definition) is 5. The van der Waals surface area contributed by atoms with Crippen molar-refractivity contribution in [3.05, 3.63) is 76.9 Å². The Kier molecular flexibility index (Phi) is 4.62. The number of nitrogens with zero attached hydrogens (tertiary/aromatic N) is 4. The molecule has 0 aromatic heterocycles. The van der Waals surface area contributed by atoms with Crippen LogP contribution in [0.15, 0.2) is 76.9 Å². The number of anilines is 1. The van der Waals surface area contributed by atoms with Gasteiger partial charge in [0.2, 0.25) is 0 Å². The Labute approximate surface area is 164 Å². The Morgan fingerprint density at radius 2 is 1.85 bits per heavy atom. The van der Waals surface area contributed by atoms with Crippen LogP contribution in [0.5, 0.6) is 0 Å². The fourth-order valence-corrected chi connectivity index (χ4v) is 3.87. The van der Waals surface area contributed by atoms with Gasteiger partial charge in [0.05, 0.1) is 22.0 Å². The number of rotatable bonds is 3. The number of allylic oxidation sites excluding steroid dienone is 3. The lowest BCUT2D eigenvalue weighted by Crippen LogP contribution is -2.47. The summed E-state index contributed by atoms with van der Waals surface area (Å²) < 4.78 is 0. The molecule has 0 unspecified atom stereocenters. The van der Waals surface area contributed by atoms with Gasteiger partial charge in [-0.25, -0.2) is 4.99 Å². The summed E-state index contributed by atoms with van der Waals surface area (Å²) in [6, 6.07) is 7.89. The summed E-state index contributed by atoms with van der Waals surface area (Å²) >= 11 is 6.34. The number of carbonyl (C=O) groups is 1. The summed E-state index contributed by atoms with van der Waals surface area (Å²) in [6.07, 6.45) is 6.71. The van der Waals surface area contributed by atoms with E-state index in [0.717, 1.165) is 54.6 Å². The highest BCUT2D eigenvalue weighted by molar-refractivity contribution is 6.33. The average Bonchev–Trinajstić information content (AvgIpc) is 2.69. The first-order chi connectivity index (χ1) is 13.1. The van der Waals surface area contributed by atoms with E-state index in [1.165, 1.54) is 0 Å². The third-order valence-electron chi connectivity index (χ3n) is 5.11. The van der Waals surface area contributed by atoms with Crippen LogP contribution in [0.2, 0.25) is 5.02 Å². The van der Waals surface area contributed by atoms with Crippen LogP contribution >= 0.6 is 11.6 Å². The Hall–Kier alpha value is -2.79. The van der Waals surface area contributed by atoms with Crippen LogP contribution in [-0.2, 0) is 4.79 Å². The smallest absolute Gasteiger partial charge is 0.155 e. The third-order valence-corrected chi connectivity index (χ3v) is 5.43. The van der Waals surface area contributed by atoms with Gasteiger partial charge < -0.3 is 14.7 Å². The fraction of sp³-hybridized carbons (Fsp3) is 0.238. The molecule has 27 heavy (non-hydrogen) atoms. The van der Waals surface area contributed by atoms with Gasteiger partial charge in [0.25, 0.3) is 0 Å². The van der Waals surface area contributed by atoms with Crippen molar-refractivity contribution in [2.24, 2.45) is 4.99 Å². The first-order valence-corrected chi connectivity index (χ1v) is 9.34. The SMILES string of the molecule is C=C1C(C=O)=C(N2CCN(c3ccccc3Cl)CC2)N=C2C(C)=CC=CN12. The van der Waals surface area contributed by atoms with Gasteiger partial charge in [-0.2, -0.15) is 0 Å². The van der Waals surface area contributed by atoms with Gasteiger partial charge in [-0.15, -0.1) is 0 Å². The van der Waals surface area contributed by atoms with Crippen LogP contribution in [0.25, 0.3) is 0 Å². The van der Waals surface area contributed by atoms with E-state index >= 15 is 0 Å². The summed E-state index contributed by atoms with van der Waals surface area (Å²) in [4.78, 5) is 22.9. The first-order valence-electron chi connectivity index (χ1n) is 8.96. The molecule has 4 rings (SSSR count). The maximum atomic E-state index is 11.8. The van der Waals surface area contributed by atoms with E-state index in [4.69, 9.17) is 16.6 Å². The molecule has 0 radical (unpaired) electrons. The van der Waals surface area contributed by atoms with Crippen molar-refractivity contribution >= 4 is 29.4 Å². The molecule has 1 aromatic carbocycles. The first kappa shape index (κ1) is 17.6. The summed E-state index contributed by atoms with van der Waals surface area (Å²) in [5.74, 6) is 1.54. The van der Waals surface area contributed by atoms with Gasteiger partial charge in [0.15, 0.2) is 6.29 Å². The second kappa shape index (κ2) is 7.08. The molecular formula is C21H21ClN4O. The number of fused-ring (bicyclic) bond motifs is 1. The van der Waals surface area contributed by atoms with Gasteiger partial charge in [-0.1, -0.05) is 36.4 Å². The van der Waals surface area contributed by atoms with Gasteiger partial charge in [-0.3, -0.25) is 4.79 Å². The predicted molar refractivity (Wildman–Crippen MR) is 110 cm³/mol. The van der Waals surface area contributed by atoms with Crippen molar-refractivity contribution < 1.29 is 4.79 Å². The molecule has 0 spiro atoms. The number of piperazine rings is 1. The molecule has 0 aliphatic carbocycles. The van der Waals surface area contributed by atoms with Gasteiger partial charge in [-0.05, 0) is 30.7 Å². The lowest BCUT2D eigenvalue weighted by molar-refractivity contribution is -0.104. The van der Waals surface area contributed by atoms with Gasteiger partial charge in [0.1, 0.15) is 11.7 Å².